The summed E-state index contributed by atoms with van der Waals surface area (Å²) in [6.07, 6.45) is 5.01. The highest BCUT2D eigenvalue weighted by atomic mass is 16.6. The number of benzene rings is 1. The van der Waals surface area contributed by atoms with Gasteiger partial charge in [0.05, 0.1) is 18.1 Å². The third-order valence-electron chi connectivity index (χ3n) is 4.07. The molecule has 1 N–H and O–H groups in total. The minimum absolute atomic E-state index is 0.360. The molecule has 7 heteroatoms. The molecule has 4 aromatic rings. The summed E-state index contributed by atoms with van der Waals surface area (Å²) in [4.78, 5) is 21.0. The van der Waals surface area contributed by atoms with E-state index in [1.165, 1.54) is 6.20 Å². The standard InChI is InChI=1S/C20H17N5O2/c1-2-14-12-22-25-18(24-20(26)27-16-9-6-10-21-13-16)11-17(23-19(14)25)15-7-4-3-5-8-15/h3-13H,2H2,1H3,(H,24,26). The van der Waals surface area contributed by atoms with Crippen LogP contribution in [0.3, 0.4) is 0 Å². The van der Waals surface area contributed by atoms with Crippen molar-refractivity contribution in [1.82, 2.24) is 19.6 Å². The first-order chi connectivity index (χ1) is 13.2. The molecule has 0 unspecified atom stereocenters. The van der Waals surface area contributed by atoms with Gasteiger partial charge in [-0.2, -0.15) is 9.61 Å². The van der Waals surface area contributed by atoms with Crippen LogP contribution >= 0.6 is 0 Å². The molecule has 0 radical (unpaired) electrons. The number of nitrogens with zero attached hydrogens (tertiary/aromatic N) is 4. The highest BCUT2D eigenvalue weighted by Gasteiger charge is 2.14. The molecule has 7 nitrogen and oxygen atoms in total. The molecule has 0 spiro atoms. The van der Waals surface area contributed by atoms with Crippen molar-refractivity contribution in [3.05, 3.63) is 72.7 Å². The fourth-order valence-electron chi connectivity index (χ4n) is 2.75. The third kappa shape index (κ3) is 3.48. The van der Waals surface area contributed by atoms with Crippen molar-refractivity contribution >= 4 is 17.6 Å². The van der Waals surface area contributed by atoms with Crippen LogP contribution in [-0.4, -0.2) is 25.7 Å². The maximum atomic E-state index is 12.3. The van der Waals surface area contributed by atoms with E-state index >= 15 is 0 Å². The van der Waals surface area contributed by atoms with Crippen molar-refractivity contribution in [1.29, 1.82) is 0 Å². The summed E-state index contributed by atoms with van der Waals surface area (Å²) in [6, 6.07) is 14.9. The zero-order valence-electron chi connectivity index (χ0n) is 14.7. The third-order valence-corrected chi connectivity index (χ3v) is 4.07. The van der Waals surface area contributed by atoms with E-state index in [1.807, 2.05) is 37.3 Å². The van der Waals surface area contributed by atoms with Gasteiger partial charge < -0.3 is 4.74 Å². The summed E-state index contributed by atoms with van der Waals surface area (Å²) in [5.74, 6) is 0.839. The predicted molar refractivity (Wildman–Crippen MR) is 102 cm³/mol. The van der Waals surface area contributed by atoms with Crippen LogP contribution < -0.4 is 10.1 Å². The zero-order chi connectivity index (χ0) is 18.6. The van der Waals surface area contributed by atoms with Crippen LogP contribution in [0, 0.1) is 0 Å². The van der Waals surface area contributed by atoms with Gasteiger partial charge in [-0.25, -0.2) is 9.78 Å². The highest BCUT2D eigenvalue weighted by molar-refractivity contribution is 5.86. The van der Waals surface area contributed by atoms with Crippen molar-refractivity contribution in [2.75, 3.05) is 5.32 Å². The van der Waals surface area contributed by atoms with Crippen molar-refractivity contribution < 1.29 is 9.53 Å². The quantitative estimate of drug-likeness (QED) is 0.596. The van der Waals surface area contributed by atoms with Gasteiger partial charge in [-0.15, -0.1) is 0 Å². The molecule has 0 bridgehead atoms. The van der Waals surface area contributed by atoms with Crippen LogP contribution in [0.5, 0.6) is 5.75 Å². The lowest BCUT2D eigenvalue weighted by atomic mass is 10.1. The summed E-state index contributed by atoms with van der Waals surface area (Å²) in [5, 5.41) is 7.11. The normalized spacial score (nSPS) is 10.7. The highest BCUT2D eigenvalue weighted by Crippen LogP contribution is 2.24. The number of ether oxygens (including phenoxy) is 1. The van der Waals surface area contributed by atoms with Gasteiger partial charge in [0.2, 0.25) is 0 Å². The summed E-state index contributed by atoms with van der Waals surface area (Å²) in [6.45, 7) is 2.04. The molecule has 0 atom stereocenters. The van der Waals surface area contributed by atoms with Crippen LogP contribution in [0.4, 0.5) is 10.6 Å². The molecular formula is C20H17N5O2. The van der Waals surface area contributed by atoms with Crippen LogP contribution in [0.15, 0.2) is 67.1 Å². The molecule has 27 heavy (non-hydrogen) atoms. The average molecular weight is 359 g/mol. The second kappa shape index (κ2) is 7.25. The lowest BCUT2D eigenvalue weighted by Gasteiger charge is -2.10. The fourth-order valence-corrected chi connectivity index (χ4v) is 2.75. The van der Waals surface area contributed by atoms with Gasteiger partial charge in [0.25, 0.3) is 0 Å². The summed E-state index contributed by atoms with van der Waals surface area (Å²) in [7, 11) is 0. The number of nitrogens with one attached hydrogen (secondary N) is 1. The van der Waals surface area contributed by atoms with Crippen molar-refractivity contribution in [2.45, 2.75) is 13.3 Å². The summed E-state index contributed by atoms with van der Waals surface area (Å²) in [5.41, 5.74) is 3.40. The Balaban J connectivity index is 1.72. The fraction of sp³-hybridized carbons (Fsp3) is 0.100. The van der Waals surface area contributed by atoms with E-state index in [9.17, 15) is 4.79 Å². The predicted octanol–water partition coefficient (Wildman–Crippen LogP) is 3.96. The Hall–Kier alpha value is -3.74. The number of rotatable bonds is 4. The van der Waals surface area contributed by atoms with Crippen molar-refractivity contribution in [3.8, 4) is 17.0 Å². The first kappa shape index (κ1) is 16.7. The largest absolute Gasteiger partial charge is 0.418 e. The molecule has 0 fully saturated rings. The first-order valence-corrected chi connectivity index (χ1v) is 8.56. The Labute approximate surface area is 155 Å². The number of hydrogen-bond donors (Lipinski definition) is 1. The summed E-state index contributed by atoms with van der Waals surface area (Å²) >= 11 is 0. The lowest BCUT2D eigenvalue weighted by molar-refractivity contribution is 0.215. The van der Waals surface area contributed by atoms with E-state index in [2.05, 4.69) is 15.4 Å². The number of carbonyl (C=O) groups is 1. The molecule has 3 heterocycles. The lowest BCUT2D eigenvalue weighted by Crippen LogP contribution is -2.19. The molecule has 0 aliphatic heterocycles. The Morgan fingerprint density at radius 1 is 1.15 bits per heavy atom. The van der Waals surface area contributed by atoms with E-state index in [0.717, 1.165) is 23.2 Å². The number of hydrogen-bond acceptors (Lipinski definition) is 5. The molecule has 1 aromatic carbocycles. The number of aromatic nitrogens is 4. The van der Waals surface area contributed by atoms with Crippen molar-refractivity contribution in [3.63, 3.8) is 0 Å². The van der Waals surface area contributed by atoms with Gasteiger partial charge in [-0.1, -0.05) is 37.3 Å². The van der Waals surface area contributed by atoms with Gasteiger partial charge in [0.15, 0.2) is 11.4 Å². The molecular weight excluding hydrogens is 342 g/mol. The smallest absolute Gasteiger partial charge is 0.408 e. The second-order valence-corrected chi connectivity index (χ2v) is 5.85. The Morgan fingerprint density at radius 3 is 2.74 bits per heavy atom. The number of carbonyl (C=O) groups excluding carboxylic acids is 1. The molecule has 134 valence electrons. The van der Waals surface area contributed by atoms with Gasteiger partial charge in [-0.05, 0) is 18.6 Å². The molecule has 0 aliphatic carbocycles. The molecule has 0 saturated heterocycles. The monoisotopic (exact) mass is 359 g/mol. The number of fused-ring (bicyclic) bond motifs is 1. The molecule has 0 saturated carbocycles. The Kier molecular flexibility index (Phi) is 4.49. The molecule has 4 rings (SSSR count). The zero-order valence-corrected chi connectivity index (χ0v) is 14.7. The van der Waals surface area contributed by atoms with E-state index in [4.69, 9.17) is 9.72 Å². The van der Waals surface area contributed by atoms with Crippen LogP contribution in [0.2, 0.25) is 0 Å². The van der Waals surface area contributed by atoms with Crippen LogP contribution in [-0.2, 0) is 6.42 Å². The molecule has 1 amide bonds. The van der Waals surface area contributed by atoms with Gasteiger partial charge in [0.1, 0.15) is 5.82 Å². The van der Waals surface area contributed by atoms with Crippen LogP contribution in [0.25, 0.3) is 16.9 Å². The number of pyridine rings is 1. The van der Waals surface area contributed by atoms with E-state index < -0.39 is 6.09 Å². The SMILES string of the molecule is CCc1cnn2c(NC(=O)Oc3cccnc3)cc(-c3ccccc3)nc12. The minimum atomic E-state index is -0.622. The minimum Gasteiger partial charge on any atom is -0.408 e. The first-order valence-electron chi connectivity index (χ1n) is 8.56. The van der Waals surface area contributed by atoms with Crippen molar-refractivity contribution in [2.24, 2.45) is 0 Å². The number of aryl methyl sites for hydroxylation is 1. The van der Waals surface area contributed by atoms with Gasteiger partial charge in [-0.3, -0.25) is 10.3 Å². The second-order valence-electron chi connectivity index (χ2n) is 5.85. The maximum Gasteiger partial charge on any atom is 0.418 e. The van der Waals surface area contributed by atoms with E-state index in [1.54, 1.807) is 35.1 Å². The Morgan fingerprint density at radius 2 is 2.00 bits per heavy atom. The molecule has 3 aromatic heterocycles. The topological polar surface area (TPSA) is 81.4 Å². The van der Waals surface area contributed by atoms with E-state index in [0.29, 0.717) is 17.2 Å². The van der Waals surface area contributed by atoms with E-state index in [-0.39, 0.29) is 0 Å². The maximum absolute atomic E-state index is 12.3. The van der Waals surface area contributed by atoms with Crippen LogP contribution in [0.1, 0.15) is 12.5 Å². The van der Waals surface area contributed by atoms with Gasteiger partial charge in [0, 0.05) is 23.4 Å². The number of anilines is 1. The summed E-state index contributed by atoms with van der Waals surface area (Å²) < 4.78 is 6.88. The average Bonchev–Trinajstić information content (AvgIpc) is 3.13. The Bertz CT molecular complexity index is 1080. The number of amides is 1. The molecule has 0 aliphatic rings. The van der Waals surface area contributed by atoms with Gasteiger partial charge >= 0.3 is 6.09 Å².